The molecule has 0 radical (unpaired) electrons. The molecule has 7 rings (SSSR count). The van der Waals surface area contributed by atoms with Crippen LogP contribution >= 0.6 is 0 Å². The zero-order valence-corrected chi connectivity index (χ0v) is 25.6. The van der Waals surface area contributed by atoms with Crippen molar-refractivity contribution >= 4 is 33.4 Å². The van der Waals surface area contributed by atoms with E-state index in [1.165, 1.54) is 17.0 Å². The summed E-state index contributed by atoms with van der Waals surface area (Å²) < 4.78 is 54.3. The Morgan fingerprint density at radius 1 is 0.979 bits per heavy atom. The van der Waals surface area contributed by atoms with Gasteiger partial charge in [-0.3, -0.25) is 4.40 Å². The van der Waals surface area contributed by atoms with Crippen LogP contribution in [0.15, 0.2) is 91.3 Å². The number of imidazole rings is 1. The van der Waals surface area contributed by atoms with Crippen LogP contribution < -0.4 is 9.47 Å². The number of nitrogens with zero attached hydrogens (tertiary/aromatic N) is 4. The number of likely N-dealkylation sites (tertiary alicyclic amines) is 1. The Balaban J connectivity index is 1.04. The van der Waals surface area contributed by atoms with Crippen LogP contribution in [0.3, 0.4) is 0 Å². The lowest BCUT2D eigenvalue weighted by Gasteiger charge is -2.34. The fourth-order valence-electron chi connectivity index (χ4n) is 5.79. The third-order valence-electron chi connectivity index (χ3n) is 8.22. The van der Waals surface area contributed by atoms with E-state index in [0.29, 0.717) is 46.9 Å². The topological polar surface area (TPSA) is 87.4 Å². The van der Waals surface area contributed by atoms with E-state index in [1.807, 2.05) is 65.2 Å². The van der Waals surface area contributed by atoms with Crippen LogP contribution in [0, 0.1) is 5.82 Å². The number of carbonyl (C=O) groups excluding carboxylic acids is 1. The lowest BCUT2D eigenvalue weighted by Crippen LogP contribution is -2.49. The van der Waals surface area contributed by atoms with Gasteiger partial charge in [0.05, 0.1) is 30.7 Å². The van der Waals surface area contributed by atoms with E-state index in [-0.39, 0.29) is 31.9 Å². The summed E-state index contributed by atoms with van der Waals surface area (Å²) in [5, 5.41) is 2.65. The first-order chi connectivity index (χ1) is 22.9. The summed E-state index contributed by atoms with van der Waals surface area (Å²) in [4.78, 5) is 23.4. The highest BCUT2D eigenvalue weighted by Gasteiger charge is 2.34. The Hall–Kier alpha value is -5.29. The van der Waals surface area contributed by atoms with Gasteiger partial charge in [0, 0.05) is 43.8 Å². The molecule has 0 saturated carbocycles. The van der Waals surface area contributed by atoms with Crippen LogP contribution in [0.4, 0.5) is 13.6 Å². The molecule has 2 atom stereocenters. The molecule has 6 aromatic rings. The fourth-order valence-corrected chi connectivity index (χ4v) is 5.79. The fraction of sp³-hybridized carbons (Fsp3) is 0.250. The Bertz CT molecular complexity index is 2070. The van der Waals surface area contributed by atoms with Crippen molar-refractivity contribution in [2.75, 3.05) is 33.4 Å². The molecular formula is C36H32F2N4O5. The largest absolute Gasteiger partial charge is 0.491 e. The molecule has 240 valence electrons. The smallest absolute Gasteiger partial charge is 0.410 e. The van der Waals surface area contributed by atoms with E-state index in [0.717, 1.165) is 16.3 Å². The summed E-state index contributed by atoms with van der Waals surface area (Å²) in [6.07, 6.45) is 0.718. The van der Waals surface area contributed by atoms with Crippen LogP contribution in [-0.4, -0.2) is 71.1 Å². The number of halogens is 2. The minimum absolute atomic E-state index is 0.0795. The molecule has 0 spiro atoms. The van der Waals surface area contributed by atoms with Gasteiger partial charge in [0.15, 0.2) is 6.17 Å². The predicted octanol–water partition coefficient (Wildman–Crippen LogP) is 7.00. The number of carbonyl (C=O) groups is 1. The van der Waals surface area contributed by atoms with Crippen molar-refractivity contribution in [3.8, 4) is 22.9 Å². The van der Waals surface area contributed by atoms with Gasteiger partial charge in [-0.1, -0.05) is 42.5 Å². The second kappa shape index (κ2) is 13.2. The number of benzene rings is 3. The van der Waals surface area contributed by atoms with Crippen LogP contribution in [0.2, 0.25) is 0 Å². The summed E-state index contributed by atoms with van der Waals surface area (Å²) in [6, 6.07) is 23.5. The molecule has 4 heterocycles. The number of methoxy groups -OCH3 is 1. The van der Waals surface area contributed by atoms with Crippen molar-refractivity contribution in [1.82, 2.24) is 19.3 Å². The van der Waals surface area contributed by atoms with Gasteiger partial charge in [-0.25, -0.2) is 23.5 Å². The molecule has 11 heteroatoms. The Kier molecular flexibility index (Phi) is 8.54. The number of piperidine rings is 1. The van der Waals surface area contributed by atoms with Gasteiger partial charge in [0.25, 0.3) is 0 Å². The monoisotopic (exact) mass is 638 g/mol. The molecule has 1 amide bonds. The van der Waals surface area contributed by atoms with Crippen molar-refractivity contribution in [3.05, 3.63) is 103 Å². The zero-order valence-electron chi connectivity index (χ0n) is 25.6. The van der Waals surface area contributed by atoms with Crippen LogP contribution in [0.1, 0.15) is 12.0 Å². The van der Waals surface area contributed by atoms with Crippen LogP contribution in [-0.2, 0) is 16.1 Å². The first kappa shape index (κ1) is 30.4. The molecule has 1 saturated heterocycles. The van der Waals surface area contributed by atoms with Gasteiger partial charge < -0.3 is 23.8 Å². The van der Waals surface area contributed by atoms with Crippen molar-refractivity contribution < 1.29 is 32.5 Å². The first-order valence-corrected chi connectivity index (χ1v) is 15.3. The van der Waals surface area contributed by atoms with Gasteiger partial charge in [0.2, 0.25) is 0 Å². The number of fused-ring (bicyclic) bond motifs is 3. The molecule has 9 nitrogen and oxygen atoms in total. The van der Waals surface area contributed by atoms with E-state index in [9.17, 15) is 9.18 Å². The molecular weight excluding hydrogens is 606 g/mol. The van der Waals surface area contributed by atoms with Gasteiger partial charge in [-0.2, -0.15) is 0 Å². The standard InChI is InChI=1S/C36H32F2N4O5/c1-44-14-15-45-28-10-13-42-31(20-39-34(42)19-28)30-9-8-26-17-27(37)18-33(35(26)40-30)47-32-11-12-41(21-29(32)38)36(43)46-22-23-6-7-24-4-2-3-5-25(24)16-23/h2-10,13,16-20,29,32H,11-12,14-15,21-22H2,1H3/t29-,32-/m1/s1. The number of alkyl halides is 1. The van der Waals surface area contributed by atoms with Crippen molar-refractivity contribution in [2.24, 2.45) is 0 Å². The Labute approximate surface area is 269 Å². The van der Waals surface area contributed by atoms with Crippen molar-refractivity contribution in [1.29, 1.82) is 0 Å². The summed E-state index contributed by atoms with van der Waals surface area (Å²) in [6.45, 7) is 0.994. The highest BCUT2D eigenvalue weighted by Crippen LogP contribution is 2.32. The Morgan fingerprint density at radius 2 is 1.83 bits per heavy atom. The minimum atomic E-state index is -1.52. The van der Waals surface area contributed by atoms with E-state index >= 15 is 4.39 Å². The van der Waals surface area contributed by atoms with Gasteiger partial charge in [-0.15, -0.1) is 0 Å². The third kappa shape index (κ3) is 6.52. The molecule has 0 aliphatic carbocycles. The zero-order chi connectivity index (χ0) is 32.3. The number of hydrogen-bond acceptors (Lipinski definition) is 7. The average molecular weight is 639 g/mol. The number of amides is 1. The van der Waals surface area contributed by atoms with Gasteiger partial charge in [0.1, 0.15) is 47.8 Å². The number of ether oxygens (including phenoxy) is 4. The number of aromatic nitrogens is 3. The first-order valence-electron chi connectivity index (χ1n) is 15.3. The van der Waals surface area contributed by atoms with E-state index in [2.05, 4.69) is 4.98 Å². The lowest BCUT2D eigenvalue weighted by molar-refractivity contribution is 0.0152. The lowest BCUT2D eigenvalue weighted by atomic mass is 10.1. The second-order valence-corrected chi connectivity index (χ2v) is 11.4. The molecule has 1 fully saturated rings. The molecule has 1 aliphatic heterocycles. The number of hydrogen-bond donors (Lipinski definition) is 0. The molecule has 3 aromatic heterocycles. The Morgan fingerprint density at radius 3 is 2.68 bits per heavy atom. The second-order valence-electron chi connectivity index (χ2n) is 11.4. The molecule has 0 N–H and O–H groups in total. The molecule has 47 heavy (non-hydrogen) atoms. The molecule has 1 aliphatic rings. The third-order valence-corrected chi connectivity index (χ3v) is 8.22. The highest BCUT2D eigenvalue weighted by atomic mass is 19.1. The SMILES string of the molecule is COCCOc1ccn2c(-c3ccc4cc(F)cc(O[C@@H]5CCN(C(=O)OCc6ccc7ccccc7c6)C[C@H]5F)c4n3)cnc2c1. The minimum Gasteiger partial charge on any atom is -0.491 e. The van der Waals surface area contributed by atoms with E-state index < -0.39 is 24.2 Å². The maximum Gasteiger partial charge on any atom is 0.410 e. The number of pyridine rings is 2. The maximum absolute atomic E-state index is 15.5. The van der Waals surface area contributed by atoms with E-state index in [1.54, 1.807) is 25.4 Å². The van der Waals surface area contributed by atoms with Crippen molar-refractivity contribution in [2.45, 2.75) is 25.3 Å². The number of rotatable bonds is 9. The summed E-state index contributed by atoms with van der Waals surface area (Å²) >= 11 is 0. The van der Waals surface area contributed by atoms with Crippen LogP contribution in [0.25, 0.3) is 38.7 Å². The quantitative estimate of drug-likeness (QED) is 0.158. The van der Waals surface area contributed by atoms with Gasteiger partial charge in [-0.05, 0) is 40.6 Å². The maximum atomic E-state index is 15.5. The van der Waals surface area contributed by atoms with Gasteiger partial charge >= 0.3 is 6.09 Å². The molecule has 0 unspecified atom stereocenters. The van der Waals surface area contributed by atoms with Crippen molar-refractivity contribution in [3.63, 3.8) is 0 Å². The highest BCUT2D eigenvalue weighted by molar-refractivity contribution is 5.87. The predicted molar refractivity (Wildman–Crippen MR) is 173 cm³/mol. The summed E-state index contributed by atoms with van der Waals surface area (Å²) in [7, 11) is 1.61. The molecule has 3 aromatic carbocycles. The van der Waals surface area contributed by atoms with Crippen LogP contribution in [0.5, 0.6) is 11.5 Å². The summed E-state index contributed by atoms with van der Waals surface area (Å²) in [5.74, 6) is 0.266. The average Bonchev–Trinajstić information content (AvgIpc) is 3.51. The van der Waals surface area contributed by atoms with E-state index in [4.69, 9.17) is 23.9 Å². The summed E-state index contributed by atoms with van der Waals surface area (Å²) in [5.41, 5.74) is 3.19. The normalized spacial score (nSPS) is 16.5. The molecule has 0 bridgehead atoms.